The van der Waals surface area contributed by atoms with Crippen molar-refractivity contribution in [3.05, 3.63) is 60.5 Å². The van der Waals surface area contributed by atoms with E-state index in [4.69, 9.17) is 4.42 Å². The van der Waals surface area contributed by atoms with Crippen LogP contribution in [0.5, 0.6) is 0 Å². The molecular weight excluding hydrogens is 318 g/mol. The lowest BCUT2D eigenvalue weighted by atomic mass is 10.0. The first-order chi connectivity index (χ1) is 12.1. The highest BCUT2D eigenvalue weighted by atomic mass is 16.4. The van der Waals surface area contributed by atoms with Crippen LogP contribution < -0.4 is 0 Å². The van der Waals surface area contributed by atoms with Crippen molar-refractivity contribution in [3.8, 4) is 11.3 Å². The lowest BCUT2D eigenvalue weighted by molar-refractivity contribution is 0.0957. The lowest BCUT2D eigenvalue weighted by Gasteiger charge is -2.06. The first-order valence-corrected chi connectivity index (χ1v) is 7.79. The number of rotatable bonds is 4. The van der Waals surface area contributed by atoms with E-state index in [0.29, 0.717) is 11.6 Å². The number of aromatic nitrogens is 5. The standard InChI is InChI=1S/C18H15N5O2/c1-11-21-22-18(25-11)17(24)7-15-6-14-5-12(3-4-13(14)8-20-15)16-9-19-10-23(16)2/h3-6,8-10H,7H2,1-2H3. The van der Waals surface area contributed by atoms with Gasteiger partial charge in [-0.25, -0.2) is 4.98 Å². The quantitative estimate of drug-likeness (QED) is 0.534. The molecular formula is C18H15N5O2. The van der Waals surface area contributed by atoms with E-state index >= 15 is 0 Å². The van der Waals surface area contributed by atoms with Gasteiger partial charge in [0.1, 0.15) is 0 Å². The summed E-state index contributed by atoms with van der Waals surface area (Å²) in [5.41, 5.74) is 2.75. The number of hydrogen-bond acceptors (Lipinski definition) is 6. The molecule has 3 aromatic heterocycles. The molecule has 124 valence electrons. The topological polar surface area (TPSA) is 86.7 Å². The van der Waals surface area contributed by atoms with Crippen LogP contribution in [0.4, 0.5) is 0 Å². The second kappa shape index (κ2) is 5.94. The molecule has 0 saturated heterocycles. The maximum atomic E-state index is 12.2. The smallest absolute Gasteiger partial charge is 0.284 e. The van der Waals surface area contributed by atoms with Gasteiger partial charge in [-0.05, 0) is 17.5 Å². The van der Waals surface area contributed by atoms with Crippen molar-refractivity contribution in [3.63, 3.8) is 0 Å². The van der Waals surface area contributed by atoms with E-state index in [-0.39, 0.29) is 18.1 Å². The Bertz CT molecular complexity index is 1080. The van der Waals surface area contributed by atoms with E-state index in [2.05, 4.69) is 26.2 Å². The number of imidazole rings is 1. The minimum Gasteiger partial charge on any atom is -0.419 e. The molecule has 7 heteroatoms. The molecule has 25 heavy (non-hydrogen) atoms. The molecule has 0 aliphatic heterocycles. The minimum absolute atomic E-state index is 0.0167. The molecule has 7 nitrogen and oxygen atoms in total. The Kier molecular flexibility index (Phi) is 3.61. The van der Waals surface area contributed by atoms with Gasteiger partial charge in [0, 0.05) is 36.8 Å². The molecule has 4 aromatic rings. The van der Waals surface area contributed by atoms with Crippen LogP contribution in [0.1, 0.15) is 22.3 Å². The van der Waals surface area contributed by atoms with E-state index in [9.17, 15) is 4.79 Å². The van der Waals surface area contributed by atoms with E-state index in [1.54, 1.807) is 19.4 Å². The van der Waals surface area contributed by atoms with Gasteiger partial charge in [-0.2, -0.15) is 0 Å². The lowest BCUT2D eigenvalue weighted by Crippen LogP contribution is -2.05. The van der Waals surface area contributed by atoms with Crippen molar-refractivity contribution in [1.29, 1.82) is 0 Å². The van der Waals surface area contributed by atoms with Crippen LogP contribution in [-0.4, -0.2) is 30.5 Å². The number of carbonyl (C=O) groups excluding carboxylic acids is 1. The van der Waals surface area contributed by atoms with Gasteiger partial charge in [0.15, 0.2) is 0 Å². The maximum absolute atomic E-state index is 12.2. The summed E-state index contributed by atoms with van der Waals surface area (Å²) in [5, 5.41) is 9.46. The molecule has 0 saturated carbocycles. The predicted octanol–water partition coefficient (Wildman–Crippen LogP) is 2.75. The van der Waals surface area contributed by atoms with E-state index in [0.717, 1.165) is 22.0 Å². The fraction of sp³-hybridized carbons (Fsp3) is 0.167. The van der Waals surface area contributed by atoms with Crippen molar-refractivity contribution >= 4 is 16.6 Å². The molecule has 0 fully saturated rings. The normalized spacial score (nSPS) is 11.1. The summed E-state index contributed by atoms with van der Waals surface area (Å²) in [4.78, 5) is 20.7. The summed E-state index contributed by atoms with van der Waals surface area (Å²) in [6.45, 7) is 1.65. The van der Waals surface area contributed by atoms with Gasteiger partial charge in [-0.3, -0.25) is 9.78 Å². The molecule has 0 atom stereocenters. The van der Waals surface area contributed by atoms with Gasteiger partial charge >= 0.3 is 0 Å². The molecule has 3 heterocycles. The molecule has 0 unspecified atom stereocenters. The van der Waals surface area contributed by atoms with Gasteiger partial charge in [0.25, 0.3) is 5.89 Å². The first-order valence-electron chi connectivity index (χ1n) is 7.79. The number of aryl methyl sites for hydroxylation is 2. The molecule has 0 aliphatic carbocycles. The maximum Gasteiger partial charge on any atom is 0.284 e. The van der Waals surface area contributed by atoms with Gasteiger partial charge in [0.05, 0.1) is 24.6 Å². The van der Waals surface area contributed by atoms with Crippen molar-refractivity contribution in [1.82, 2.24) is 24.7 Å². The first kappa shape index (κ1) is 15.2. The highest BCUT2D eigenvalue weighted by Gasteiger charge is 2.15. The molecule has 0 radical (unpaired) electrons. The Morgan fingerprint density at radius 3 is 2.76 bits per heavy atom. The number of carbonyl (C=O) groups is 1. The highest BCUT2D eigenvalue weighted by molar-refractivity contribution is 5.94. The Hall–Kier alpha value is -3.35. The number of pyridine rings is 1. The number of ketones is 1. The average Bonchev–Trinajstić information content (AvgIpc) is 3.22. The number of fused-ring (bicyclic) bond motifs is 1. The van der Waals surface area contributed by atoms with Crippen molar-refractivity contribution < 1.29 is 9.21 Å². The largest absolute Gasteiger partial charge is 0.419 e. The molecule has 0 amide bonds. The Labute approximate surface area is 143 Å². The summed E-state index contributed by atoms with van der Waals surface area (Å²) in [6.07, 6.45) is 5.48. The SMILES string of the molecule is Cc1nnc(C(=O)Cc2cc3cc(-c4cncn4C)ccc3cn2)o1. The molecule has 0 spiro atoms. The van der Waals surface area contributed by atoms with E-state index < -0.39 is 0 Å². The molecule has 0 bridgehead atoms. The zero-order valence-electron chi connectivity index (χ0n) is 13.8. The van der Waals surface area contributed by atoms with Gasteiger partial charge < -0.3 is 8.98 Å². The third kappa shape index (κ3) is 2.91. The van der Waals surface area contributed by atoms with E-state index in [1.165, 1.54) is 0 Å². The second-order valence-corrected chi connectivity index (χ2v) is 5.85. The predicted molar refractivity (Wildman–Crippen MR) is 91.0 cm³/mol. The third-order valence-corrected chi connectivity index (χ3v) is 4.00. The number of hydrogen-bond donors (Lipinski definition) is 0. The summed E-state index contributed by atoms with van der Waals surface area (Å²) in [5.74, 6) is 0.147. The Balaban J connectivity index is 1.67. The van der Waals surface area contributed by atoms with Crippen LogP contribution >= 0.6 is 0 Å². The van der Waals surface area contributed by atoms with Crippen LogP contribution in [0, 0.1) is 6.92 Å². The van der Waals surface area contributed by atoms with Crippen molar-refractivity contribution in [2.45, 2.75) is 13.3 Å². The molecule has 4 rings (SSSR count). The Morgan fingerprint density at radius 1 is 1.16 bits per heavy atom. The van der Waals surface area contributed by atoms with Crippen molar-refractivity contribution in [2.75, 3.05) is 0 Å². The monoisotopic (exact) mass is 333 g/mol. The van der Waals surface area contributed by atoms with Crippen LogP contribution in [0.2, 0.25) is 0 Å². The van der Waals surface area contributed by atoms with Crippen molar-refractivity contribution in [2.24, 2.45) is 7.05 Å². The molecule has 1 aromatic carbocycles. The Morgan fingerprint density at radius 2 is 2.04 bits per heavy atom. The van der Waals surface area contributed by atoms with Gasteiger partial charge in [-0.15, -0.1) is 10.2 Å². The van der Waals surface area contributed by atoms with Gasteiger partial charge in [0.2, 0.25) is 11.7 Å². The number of Topliss-reactive ketones (excluding diaryl/α,β-unsaturated/α-hetero) is 1. The van der Waals surface area contributed by atoms with Crippen LogP contribution in [0.25, 0.3) is 22.0 Å². The van der Waals surface area contributed by atoms with Crippen LogP contribution in [0.15, 0.2) is 47.4 Å². The second-order valence-electron chi connectivity index (χ2n) is 5.85. The summed E-state index contributed by atoms with van der Waals surface area (Å²) < 4.78 is 7.14. The van der Waals surface area contributed by atoms with Gasteiger partial charge in [-0.1, -0.05) is 12.1 Å². The zero-order valence-corrected chi connectivity index (χ0v) is 13.8. The zero-order chi connectivity index (χ0) is 17.4. The molecule has 0 N–H and O–H groups in total. The summed E-state index contributed by atoms with van der Waals surface area (Å²) >= 11 is 0. The minimum atomic E-state index is -0.241. The fourth-order valence-corrected chi connectivity index (χ4v) is 2.73. The average molecular weight is 333 g/mol. The third-order valence-electron chi connectivity index (χ3n) is 4.00. The van der Waals surface area contributed by atoms with E-state index in [1.807, 2.05) is 36.0 Å². The van der Waals surface area contributed by atoms with Crippen LogP contribution in [-0.2, 0) is 13.5 Å². The van der Waals surface area contributed by atoms with Crippen LogP contribution in [0.3, 0.4) is 0 Å². The fourth-order valence-electron chi connectivity index (χ4n) is 2.73. The number of nitrogens with zero attached hydrogens (tertiary/aromatic N) is 5. The highest BCUT2D eigenvalue weighted by Crippen LogP contribution is 2.24. The summed E-state index contributed by atoms with van der Waals surface area (Å²) in [7, 11) is 1.95. The summed E-state index contributed by atoms with van der Waals surface area (Å²) in [6, 6.07) is 8.03. The number of benzene rings is 1. The molecule has 0 aliphatic rings.